The van der Waals surface area contributed by atoms with Gasteiger partial charge in [0.1, 0.15) is 0 Å². The number of nitrogens with zero attached hydrogens (tertiary/aromatic N) is 1. The van der Waals surface area contributed by atoms with Gasteiger partial charge in [0.2, 0.25) is 0 Å². The topological polar surface area (TPSA) is 27.3 Å². The van der Waals surface area contributed by atoms with Crippen LogP contribution in [0.4, 0.5) is 5.69 Å². The van der Waals surface area contributed by atoms with Gasteiger partial charge in [0.05, 0.1) is 10.7 Å². The van der Waals surface area contributed by atoms with Crippen LogP contribution in [0, 0.1) is 13.8 Å². The van der Waals surface area contributed by atoms with Crippen LogP contribution in [0.2, 0.25) is 5.02 Å². The summed E-state index contributed by atoms with van der Waals surface area (Å²) in [7, 11) is 4.34. The standard InChI is InChI=1S/C18H28ClN3S/c1-13-10-14(2)16(15(19)11-13)21-17(23)20-12-18(22(3)4)8-6-5-7-9-18/h10-11H,5-9,12H2,1-4H3,(H2,20,21,23). The fraction of sp³-hybridized carbons (Fsp3) is 0.611. The van der Waals surface area contributed by atoms with Crippen LogP contribution in [-0.2, 0) is 0 Å². The molecule has 1 aromatic carbocycles. The minimum atomic E-state index is 0.204. The zero-order chi connectivity index (χ0) is 17.0. The summed E-state index contributed by atoms with van der Waals surface area (Å²) < 4.78 is 0. The average molecular weight is 354 g/mol. The van der Waals surface area contributed by atoms with E-state index in [1.54, 1.807) is 0 Å². The second-order valence-electron chi connectivity index (χ2n) is 6.93. The highest BCUT2D eigenvalue weighted by atomic mass is 35.5. The maximum Gasteiger partial charge on any atom is 0.170 e. The van der Waals surface area contributed by atoms with Crippen molar-refractivity contribution in [3.63, 3.8) is 0 Å². The van der Waals surface area contributed by atoms with Crippen molar-refractivity contribution in [2.45, 2.75) is 51.5 Å². The summed E-state index contributed by atoms with van der Waals surface area (Å²) in [6, 6.07) is 4.07. The molecule has 2 N–H and O–H groups in total. The summed E-state index contributed by atoms with van der Waals surface area (Å²) in [5.41, 5.74) is 3.37. The first-order chi connectivity index (χ1) is 10.8. The maximum atomic E-state index is 6.35. The fourth-order valence-corrected chi connectivity index (χ4v) is 4.01. The molecule has 0 saturated heterocycles. The SMILES string of the molecule is Cc1cc(C)c(NC(=S)NCC2(N(C)C)CCCCC2)c(Cl)c1. The van der Waals surface area contributed by atoms with Gasteiger partial charge in [-0.2, -0.15) is 0 Å². The average Bonchev–Trinajstić information content (AvgIpc) is 2.49. The van der Waals surface area contributed by atoms with Gasteiger partial charge in [-0.1, -0.05) is 36.9 Å². The highest BCUT2D eigenvalue weighted by Gasteiger charge is 2.34. The second-order valence-corrected chi connectivity index (χ2v) is 7.74. The molecule has 23 heavy (non-hydrogen) atoms. The number of thiocarbonyl (C=S) groups is 1. The lowest BCUT2D eigenvalue weighted by molar-refractivity contribution is 0.104. The number of hydrogen-bond acceptors (Lipinski definition) is 2. The largest absolute Gasteiger partial charge is 0.361 e. The number of nitrogens with one attached hydrogen (secondary N) is 2. The predicted octanol–water partition coefficient (Wildman–Crippen LogP) is 4.51. The third-order valence-electron chi connectivity index (χ3n) is 4.98. The van der Waals surface area contributed by atoms with Gasteiger partial charge >= 0.3 is 0 Å². The lowest BCUT2D eigenvalue weighted by Gasteiger charge is -2.43. The molecule has 1 aromatic rings. The molecule has 0 aliphatic heterocycles. The normalized spacial score (nSPS) is 17.1. The Morgan fingerprint density at radius 3 is 2.43 bits per heavy atom. The Kier molecular flexibility index (Phi) is 6.29. The number of anilines is 1. The molecule has 0 unspecified atom stereocenters. The third-order valence-corrected chi connectivity index (χ3v) is 5.53. The minimum Gasteiger partial charge on any atom is -0.361 e. The van der Waals surface area contributed by atoms with Crippen LogP contribution in [0.15, 0.2) is 12.1 Å². The van der Waals surface area contributed by atoms with E-state index in [2.05, 4.69) is 35.7 Å². The molecule has 0 amide bonds. The van der Waals surface area contributed by atoms with E-state index in [4.69, 9.17) is 23.8 Å². The number of hydrogen-bond donors (Lipinski definition) is 2. The molecule has 1 fully saturated rings. The summed E-state index contributed by atoms with van der Waals surface area (Å²) >= 11 is 11.8. The second kappa shape index (κ2) is 7.82. The molecular formula is C18H28ClN3S. The highest BCUT2D eigenvalue weighted by molar-refractivity contribution is 7.80. The van der Waals surface area contributed by atoms with Crippen molar-refractivity contribution in [1.82, 2.24) is 10.2 Å². The van der Waals surface area contributed by atoms with E-state index in [1.807, 2.05) is 19.9 Å². The van der Waals surface area contributed by atoms with Gasteiger partial charge in [0.25, 0.3) is 0 Å². The van der Waals surface area contributed by atoms with Gasteiger partial charge in [-0.15, -0.1) is 0 Å². The van der Waals surface area contributed by atoms with E-state index in [1.165, 1.54) is 32.1 Å². The zero-order valence-electron chi connectivity index (χ0n) is 14.6. The Hall–Kier alpha value is -0.840. The predicted molar refractivity (Wildman–Crippen MR) is 105 cm³/mol. The molecule has 0 radical (unpaired) electrons. The Bertz CT molecular complexity index is 542. The van der Waals surface area contributed by atoms with Crippen molar-refractivity contribution in [1.29, 1.82) is 0 Å². The molecule has 0 spiro atoms. The number of aryl methyl sites for hydroxylation is 2. The first-order valence-corrected chi connectivity index (χ1v) is 9.12. The van der Waals surface area contributed by atoms with E-state index in [0.29, 0.717) is 10.1 Å². The first-order valence-electron chi connectivity index (χ1n) is 8.33. The molecule has 1 aliphatic rings. The fourth-order valence-electron chi connectivity index (χ4n) is 3.47. The Morgan fingerprint density at radius 2 is 1.87 bits per heavy atom. The van der Waals surface area contributed by atoms with E-state index in [9.17, 15) is 0 Å². The number of halogens is 1. The van der Waals surface area contributed by atoms with Gasteiger partial charge in [-0.05, 0) is 70.2 Å². The van der Waals surface area contributed by atoms with Crippen LogP contribution in [0.3, 0.4) is 0 Å². The Labute approximate surface area is 150 Å². The van der Waals surface area contributed by atoms with E-state index < -0.39 is 0 Å². The molecule has 0 atom stereocenters. The van der Waals surface area contributed by atoms with Crippen LogP contribution >= 0.6 is 23.8 Å². The summed E-state index contributed by atoms with van der Waals surface area (Å²) in [6.07, 6.45) is 6.38. The van der Waals surface area contributed by atoms with Gasteiger partial charge in [0.15, 0.2) is 5.11 Å². The van der Waals surface area contributed by atoms with Crippen LogP contribution in [0.25, 0.3) is 0 Å². The van der Waals surface area contributed by atoms with Crippen LogP contribution in [0.5, 0.6) is 0 Å². The maximum absolute atomic E-state index is 6.35. The molecule has 2 rings (SSSR count). The molecule has 0 aromatic heterocycles. The molecule has 3 nitrogen and oxygen atoms in total. The number of rotatable bonds is 4. The molecular weight excluding hydrogens is 326 g/mol. The Morgan fingerprint density at radius 1 is 1.22 bits per heavy atom. The highest BCUT2D eigenvalue weighted by Crippen LogP contribution is 2.32. The van der Waals surface area contributed by atoms with Crippen molar-refractivity contribution < 1.29 is 0 Å². The summed E-state index contributed by atoms with van der Waals surface area (Å²) in [6.45, 7) is 4.96. The number of benzene rings is 1. The van der Waals surface area contributed by atoms with Gasteiger partial charge in [0, 0.05) is 12.1 Å². The lowest BCUT2D eigenvalue weighted by atomic mass is 9.80. The molecule has 0 bridgehead atoms. The quantitative estimate of drug-likeness (QED) is 0.779. The zero-order valence-corrected chi connectivity index (χ0v) is 16.2. The summed E-state index contributed by atoms with van der Waals surface area (Å²) in [5.74, 6) is 0. The van der Waals surface area contributed by atoms with Gasteiger partial charge in [-0.25, -0.2) is 0 Å². The summed E-state index contributed by atoms with van der Waals surface area (Å²) in [5, 5.41) is 8.04. The van der Waals surface area contributed by atoms with E-state index >= 15 is 0 Å². The van der Waals surface area contributed by atoms with Crippen molar-refractivity contribution in [3.05, 3.63) is 28.3 Å². The van der Waals surface area contributed by atoms with Gasteiger partial charge < -0.3 is 15.5 Å². The minimum absolute atomic E-state index is 0.204. The molecule has 128 valence electrons. The Balaban J connectivity index is 2.00. The van der Waals surface area contributed by atoms with Crippen molar-refractivity contribution in [2.75, 3.05) is 26.0 Å². The molecule has 1 aliphatic carbocycles. The van der Waals surface area contributed by atoms with Crippen molar-refractivity contribution in [3.8, 4) is 0 Å². The van der Waals surface area contributed by atoms with Crippen LogP contribution in [0.1, 0.15) is 43.2 Å². The molecule has 1 saturated carbocycles. The van der Waals surface area contributed by atoms with E-state index in [0.717, 1.165) is 23.4 Å². The first kappa shape index (κ1) is 18.5. The third kappa shape index (κ3) is 4.59. The number of likely N-dealkylation sites (N-methyl/N-ethyl adjacent to an activating group) is 1. The molecule has 5 heteroatoms. The molecule has 0 heterocycles. The van der Waals surface area contributed by atoms with Crippen molar-refractivity contribution >= 4 is 34.6 Å². The lowest BCUT2D eigenvalue weighted by Crippen LogP contribution is -2.54. The smallest absolute Gasteiger partial charge is 0.170 e. The van der Waals surface area contributed by atoms with E-state index in [-0.39, 0.29) is 5.54 Å². The van der Waals surface area contributed by atoms with Gasteiger partial charge in [-0.3, -0.25) is 0 Å². The summed E-state index contributed by atoms with van der Waals surface area (Å²) in [4.78, 5) is 2.35. The monoisotopic (exact) mass is 353 g/mol. The van der Waals surface area contributed by atoms with Crippen LogP contribution in [-0.4, -0.2) is 36.2 Å². The van der Waals surface area contributed by atoms with Crippen molar-refractivity contribution in [2.24, 2.45) is 0 Å². The van der Waals surface area contributed by atoms with Crippen LogP contribution < -0.4 is 10.6 Å².